The Bertz CT molecular complexity index is 1450. The van der Waals surface area contributed by atoms with E-state index < -0.39 is 30.6 Å². The molecule has 1 amide bonds. The number of rotatable bonds is 4. The zero-order valence-electron chi connectivity index (χ0n) is 18.8. The van der Waals surface area contributed by atoms with Gasteiger partial charge in [-0.05, 0) is 41.5 Å². The van der Waals surface area contributed by atoms with Crippen LogP contribution in [-0.2, 0) is 17.8 Å². The number of aromatic nitrogens is 3. The maximum absolute atomic E-state index is 15.2. The summed E-state index contributed by atoms with van der Waals surface area (Å²) in [5, 5.41) is 5.31. The molecule has 4 heterocycles. The van der Waals surface area contributed by atoms with Crippen LogP contribution in [0, 0.1) is 11.6 Å². The Morgan fingerprint density at radius 1 is 1.12 bits per heavy atom. The van der Waals surface area contributed by atoms with Gasteiger partial charge in [0.05, 0.1) is 51.8 Å². The van der Waals surface area contributed by atoms with Crippen LogP contribution < -0.4 is 0 Å². The zero-order chi connectivity index (χ0) is 23.6. The van der Waals surface area contributed by atoms with E-state index in [4.69, 9.17) is 7.48 Å². The first-order valence-corrected chi connectivity index (χ1v) is 10.2. The normalized spacial score (nSPS) is 18.4. The predicted molar refractivity (Wildman–Crippen MR) is 113 cm³/mol. The number of hydrogen-bond donors (Lipinski definition) is 0. The SMILES string of the molecule is [2H]C1([2H])c2ncccc2C(=O)N1Cc1c(F)cc(-c2cccc3nn(C4COC4)cc23)cc1F. The fourth-order valence-corrected chi connectivity index (χ4v) is 4.05. The number of fused-ring (bicyclic) bond motifs is 2. The van der Waals surface area contributed by atoms with Gasteiger partial charge in [-0.2, -0.15) is 5.10 Å². The molecule has 0 spiro atoms. The smallest absolute Gasteiger partial charge is 0.256 e. The summed E-state index contributed by atoms with van der Waals surface area (Å²) in [5.74, 6) is -2.38. The van der Waals surface area contributed by atoms with E-state index >= 15 is 8.78 Å². The molecule has 1 saturated heterocycles. The van der Waals surface area contributed by atoms with Crippen LogP contribution in [0.2, 0.25) is 0 Å². The van der Waals surface area contributed by atoms with E-state index in [0.717, 1.165) is 10.3 Å². The van der Waals surface area contributed by atoms with E-state index in [9.17, 15) is 4.79 Å². The van der Waals surface area contributed by atoms with E-state index in [1.165, 1.54) is 30.5 Å². The average Bonchev–Trinajstić information content (AvgIpc) is 3.27. The molecule has 4 aromatic rings. The van der Waals surface area contributed by atoms with E-state index in [1.807, 2.05) is 16.9 Å². The first kappa shape index (κ1) is 17.0. The molecule has 2 aromatic carbocycles. The van der Waals surface area contributed by atoms with Gasteiger partial charge in [0.15, 0.2) is 0 Å². The van der Waals surface area contributed by atoms with Gasteiger partial charge in [0.25, 0.3) is 5.91 Å². The molecule has 0 bridgehead atoms. The largest absolute Gasteiger partial charge is 0.377 e. The summed E-state index contributed by atoms with van der Waals surface area (Å²) < 4.78 is 54.1. The molecule has 160 valence electrons. The molecule has 0 unspecified atom stereocenters. The van der Waals surface area contributed by atoms with Crippen molar-refractivity contribution in [1.82, 2.24) is 19.7 Å². The minimum atomic E-state index is -2.28. The van der Waals surface area contributed by atoms with Gasteiger partial charge < -0.3 is 9.64 Å². The van der Waals surface area contributed by atoms with E-state index in [1.54, 1.807) is 12.1 Å². The number of nitrogens with zero attached hydrogens (tertiary/aromatic N) is 4. The lowest BCUT2D eigenvalue weighted by Crippen LogP contribution is -2.30. The molecule has 8 heteroatoms. The molecule has 2 aliphatic rings. The molecular formula is C24H18F2N4O2. The summed E-state index contributed by atoms with van der Waals surface area (Å²) in [7, 11) is 0. The lowest BCUT2D eigenvalue weighted by atomic mass is 9.99. The van der Waals surface area contributed by atoms with Crippen molar-refractivity contribution in [2.24, 2.45) is 0 Å². The zero-order valence-corrected chi connectivity index (χ0v) is 16.8. The second-order valence-electron chi connectivity index (χ2n) is 7.86. The lowest BCUT2D eigenvalue weighted by Gasteiger charge is -2.25. The van der Waals surface area contributed by atoms with Crippen LogP contribution in [-0.4, -0.2) is 38.8 Å². The van der Waals surface area contributed by atoms with Gasteiger partial charge >= 0.3 is 0 Å². The third-order valence-corrected chi connectivity index (χ3v) is 5.85. The van der Waals surface area contributed by atoms with Gasteiger partial charge in [0.1, 0.15) is 11.6 Å². The first-order valence-electron chi connectivity index (χ1n) is 11.2. The van der Waals surface area contributed by atoms with Gasteiger partial charge in [0, 0.05) is 23.3 Å². The Morgan fingerprint density at radius 2 is 1.91 bits per heavy atom. The molecule has 2 aliphatic heterocycles. The maximum atomic E-state index is 15.2. The standard InChI is InChI=1S/C24H18F2N4O2/c25-20-7-14(16-3-1-5-22-18(16)10-30(28-22)15-12-32-13-15)8-21(26)19(20)9-29-11-23-17(24(29)31)4-2-6-27-23/h1-8,10,15H,9,11-13H2/i11D2. The Balaban J connectivity index is 1.37. The van der Waals surface area contributed by atoms with Crippen molar-refractivity contribution in [2.45, 2.75) is 19.1 Å². The van der Waals surface area contributed by atoms with E-state index in [2.05, 4.69) is 10.1 Å². The Hall–Kier alpha value is -3.65. The molecule has 0 saturated carbocycles. The molecule has 0 atom stereocenters. The van der Waals surface area contributed by atoms with E-state index in [0.29, 0.717) is 29.9 Å². The average molecular weight is 434 g/mol. The lowest BCUT2D eigenvalue weighted by molar-refractivity contribution is -0.0283. The molecule has 0 N–H and O–H groups in total. The van der Waals surface area contributed by atoms with Crippen LogP contribution in [0.15, 0.2) is 54.9 Å². The molecular weight excluding hydrogens is 414 g/mol. The number of carbonyl (C=O) groups excluding carboxylic acids is 1. The summed E-state index contributed by atoms with van der Waals surface area (Å²) in [5.41, 5.74) is 1.30. The summed E-state index contributed by atoms with van der Waals surface area (Å²) in [6, 6.07) is 10.9. The highest BCUT2D eigenvalue weighted by Crippen LogP contribution is 2.33. The summed E-state index contributed by atoms with van der Waals surface area (Å²) in [6.07, 6.45) is 3.23. The van der Waals surface area contributed by atoms with Crippen LogP contribution in [0.3, 0.4) is 0 Å². The van der Waals surface area contributed by atoms with Crippen molar-refractivity contribution in [3.63, 3.8) is 0 Å². The fraction of sp³-hybridized carbons (Fsp3) is 0.208. The topological polar surface area (TPSA) is 60.2 Å². The van der Waals surface area contributed by atoms with Gasteiger partial charge in [-0.15, -0.1) is 0 Å². The highest BCUT2D eigenvalue weighted by atomic mass is 19.1. The van der Waals surface area contributed by atoms with Crippen molar-refractivity contribution in [3.05, 3.63) is 83.3 Å². The van der Waals surface area contributed by atoms with Crippen molar-refractivity contribution in [1.29, 1.82) is 0 Å². The molecule has 6 rings (SSSR count). The quantitative estimate of drug-likeness (QED) is 0.485. The number of benzene rings is 2. The number of carbonyl (C=O) groups is 1. The molecule has 0 radical (unpaired) electrons. The van der Waals surface area contributed by atoms with Crippen molar-refractivity contribution in [2.75, 3.05) is 13.2 Å². The predicted octanol–water partition coefficient (Wildman–Crippen LogP) is 4.10. The third kappa shape index (κ3) is 2.98. The number of pyridine rings is 1. The Morgan fingerprint density at radius 3 is 2.62 bits per heavy atom. The summed E-state index contributed by atoms with van der Waals surface area (Å²) in [6.45, 7) is -1.70. The highest BCUT2D eigenvalue weighted by Gasteiger charge is 2.30. The Kier molecular flexibility index (Phi) is 3.82. The Labute approximate surface area is 184 Å². The van der Waals surface area contributed by atoms with Gasteiger partial charge in [-0.3, -0.25) is 14.5 Å². The van der Waals surface area contributed by atoms with Crippen LogP contribution in [0.25, 0.3) is 22.0 Å². The third-order valence-electron chi connectivity index (χ3n) is 5.85. The molecule has 6 nitrogen and oxygen atoms in total. The number of halogens is 2. The van der Waals surface area contributed by atoms with Gasteiger partial charge in [-0.1, -0.05) is 12.1 Å². The monoisotopic (exact) mass is 434 g/mol. The minimum absolute atomic E-state index is 0.0574. The van der Waals surface area contributed by atoms with Crippen molar-refractivity contribution < 1.29 is 21.1 Å². The molecule has 2 aromatic heterocycles. The van der Waals surface area contributed by atoms with Crippen LogP contribution in [0.4, 0.5) is 8.78 Å². The molecule has 0 aliphatic carbocycles. The fourth-order valence-electron chi connectivity index (χ4n) is 4.05. The van der Waals surface area contributed by atoms with Crippen molar-refractivity contribution in [3.8, 4) is 11.1 Å². The summed E-state index contributed by atoms with van der Waals surface area (Å²) >= 11 is 0. The molecule has 32 heavy (non-hydrogen) atoms. The maximum Gasteiger partial charge on any atom is 0.256 e. The van der Waals surface area contributed by atoms with Crippen LogP contribution in [0.5, 0.6) is 0 Å². The highest BCUT2D eigenvalue weighted by molar-refractivity contribution is 5.97. The summed E-state index contributed by atoms with van der Waals surface area (Å²) in [4.78, 5) is 17.5. The van der Waals surface area contributed by atoms with Crippen LogP contribution >= 0.6 is 0 Å². The molecule has 1 fully saturated rings. The van der Waals surface area contributed by atoms with E-state index in [-0.39, 0.29) is 22.9 Å². The second-order valence-corrected chi connectivity index (χ2v) is 7.86. The van der Waals surface area contributed by atoms with Gasteiger partial charge in [-0.25, -0.2) is 8.78 Å². The second kappa shape index (κ2) is 7.20. The number of ether oxygens (including phenoxy) is 1. The minimum Gasteiger partial charge on any atom is -0.377 e. The number of amides is 1. The number of hydrogen-bond acceptors (Lipinski definition) is 4. The van der Waals surface area contributed by atoms with Gasteiger partial charge in [0.2, 0.25) is 0 Å². The first-order chi connectivity index (χ1) is 16.3. The van der Waals surface area contributed by atoms with Crippen molar-refractivity contribution >= 4 is 16.8 Å². The van der Waals surface area contributed by atoms with Crippen LogP contribution in [0.1, 0.15) is 30.4 Å².